The van der Waals surface area contributed by atoms with Crippen LogP contribution in [0.1, 0.15) is 30.7 Å². The lowest BCUT2D eigenvalue weighted by Crippen LogP contribution is -2.40. The van der Waals surface area contributed by atoms with E-state index in [1.54, 1.807) is 0 Å². The van der Waals surface area contributed by atoms with Gasteiger partial charge in [-0.15, -0.1) is 0 Å². The zero-order valence-electron chi connectivity index (χ0n) is 13.4. The van der Waals surface area contributed by atoms with E-state index in [2.05, 4.69) is 27.3 Å². The van der Waals surface area contributed by atoms with Crippen LogP contribution in [0, 0.1) is 6.92 Å². The second-order valence-electron chi connectivity index (χ2n) is 6.41. The zero-order valence-corrected chi connectivity index (χ0v) is 14.2. The molecule has 0 spiro atoms. The number of pyridine rings is 1. The van der Waals surface area contributed by atoms with Crippen LogP contribution < -0.4 is 0 Å². The van der Waals surface area contributed by atoms with Crippen LogP contribution in [-0.2, 0) is 16.4 Å². The molecule has 2 aromatic heterocycles. The molecule has 2 atom stereocenters. The highest BCUT2D eigenvalue weighted by Crippen LogP contribution is 2.29. The summed E-state index contributed by atoms with van der Waals surface area (Å²) >= 11 is 0. The fourth-order valence-electron chi connectivity index (χ4n) is 3.56. The fourth-order valence-corrected chi connectivity index (χ4v) is 5.07. The van der Waals surface area contributed by atoms with Crippen LogP contribution in [0.5, 0.6) is 0 Å². The van der Waals surface area contributed by atoms with Gasteiger partial charge in [0.2, 0.25) is 0 Å². The third kappa shape index (κ3) is 2.90. The van der Waals surface area contributed by atoms with Crippen LogP contribution in [0.3, 0.4) is 0 Å². The topological polar surface area (TPSA) is 54.7 Å². The molecule has 6 heteroatoms. The van der Waals surface area contributed by atoms with E-state index in [1.165, 1.54) is 6.26 Å². The van der Waals surface area contributed by atoms with E-state index in [9.17, 15) is 8.42 Å². The van der Waals surface area contributed by atoms with Gasteiger partial charge < -0.3 is 4.40 Å². The Balaban J connectivity index is 1.81. The van der Waals surface area contributed by atoms with Gasteiger partial charge in [0.15, 0.2) is 9.84 Å². The number of hydrogen-bond acceptors (Lipinski definition) is 4. The van der Waals surface area contributed by atoms with E-state index in [0.29, 0.717) is 6.54 Å². The molecule has 0 bridgehead atoms. The maximum absolute atomic E-state index is 11.9. The number of rotatable bonds is 4. The summed E-state index contributed by atoms with van der Waals surface area (Å²) in [7, 11) is -0.983. The Kier molecular flexibility index (Phi) is 3.99. The molecule has 5 nitrogen and oxygen atoms in total. The molecule has 0 radical (unpaired) electrons. The quantitative estimate of drug-likeness (QED) is 0.865. The smallest absolute Gasteiger partial charge is 0.151 e. The molecule has 0 N–H and O–H groups in total. The summed E-state index contributed by atoms with van der Waals surface area (Å²) in [6.45, 7) is 2.73. The van der Waals surface area contributed by atoms with Crippen molar-refractivity contribution in [1.29, 1.82) is 0 Å². The molecule has 3 rings (SSSR count). The molecule has 0 amide bonds. The lowest BCUT2D eigenvalue weighted by molar-refractivity contribution is 0.236. The molecule has 120 valence electrons. The van der Waals surface area contributed by atoms with Crippen LogP contribution in [0.2, 0.25) is 0 Å². The van der Waals surface area contributed by atoms with Crippen molar-refractivity contribution in [2.45, 2.75) is 44.0 Å². The molecule has 0 saturated heterocycles. The normalized spacial score (nSPS) is 22.7. The molecule has 2 heterocycles. The standard InChI is InChI=1S/C16H23N3O2S/c1-12-6-4-9-16-17-13(11-19(12)16)10-18(2)14-7-5-8-15(14)22(3,20)21/h4,6,9,11,14-15H,5,7-8,10H2,1-3H3/t14-,15-/m1/s1. The van der Waals surface area contributed by atoms with E-state index < -0.39 is 9.84 Å². The number of sulfone groups is 1. The highest BCUT2D eigenvalue weighted by Gasteiger charge is 2.37. The van der Waals surface area contributed by atoms with Gasteiger partial charge in [-0.2, -0.15) is 0 Å². The van der Waals surface area contributed by atoms with Crippen molar-refractivity contribution in [3.8, 4) is 0 Å². The summed E-state index contributed by atoms with van der Waals surface area (Å²) in [6.07, 6.45) is 6.11. The van der Waals surface area contributed by atoms with Crippen molar-refractivity contribution in [2.24, 2.45) is 0 Å². The highest BCUT2D eigenvalue weighted by atomic mass is 32.2. The van der Waals surface area contributed by atoms with Gasteiger partial charge in [0, 0.05) is 30.7 Å². The minimum absolute atomic E-state index is 0.0981. The van der Waals surface area contributed by atoms with Gasteiger partial charge >= 0.3 is 0 Å². The molecule has 1 aliphatic carbocycles. The van der Waals surface area contributed by atoms with Crippen molar-refractivity contribution < 1.29 is 8.42 Å². The molecular formula is C16H23N3O2S. The first kappa shape index (κ1) is 15.5. The molecular weight excluding hydrogens is 298 g/mol. The molecule has 0 aromatic carbocycles. The largest absolute Gasteiger partial charge is 0.304 e. The van der Waals surface area contributed by atoms with Crippen molar-refractivity contribution >= 4 is 15.5 Å². The Morgan fingerprint density at radius 1 is 1.36 bits per heavy atom. The number of aryl methyl sites for hydroxylation is 1. The molecule has 1 saturated carbocycles. The number of hydrogen-bond donors (Lipinski definition) is 0. The van der Waals surface area contributed by atoms with Gasteiger partial charge in [-0.3, -0.25) is 4.90 Å². The van der Waals surface area contributed by atoms with Gasteiger partial charge in [0.25, 0.3) is 0 Å². The van der Waals surface area contributed by atoms with Gasteiger partial charge in [-0.05, 0) is 38.9 Å². The summed E-state index contributed by atoms with van der Waals surface area (Å²) in [4.78, 5) is 6.79. The van der Waals surface area contributed by atoms with Crippen molar-refractivity contribution in [3.05, 3.63) is 35.8 Å². The van der Waals surface area contributed by atoms with Gasteiger partial charge in [0.1, 0.15) is 5.65 Å². The van der Waals surface area contributed by atoms with Crippen LogP contribution >= 0.6 is 0 Å². The lowest BCUT2D eigenvalue weighted by Gasteiger charge is -2.28. The molecule has 2 aromatic rings. The van der Waals surface area contributed by atoms with E-state index in [-0.39, 0.29) is 11.3 Å². The molecule has 0 unspecified atom stereocenters. The van der Waals surface area contributed by atoms with E-state index in [1.807, 2.05) is 25.4 Å². The Bertz CT molecular complexity index is 782. The van der Waals surface area contributed by atoms with Crippen LogP contribution in [0.4, 0.5) is 0 Å². The fraction of sp³-hybridized carbons (Fsp3) is 0.562. The molecule has 22 heavy (non-hydrogen) atoms. The number of imidazole rings is 1. The average Bonchev–Trinajstić information content (AvgIpc) is 3.04. The average molecular weight is 321 g/mol. The SMILES string of the molecule is Cc1cccc2nc(CN(C)[C@@H]3CCC[C@H]3S(C)(=O)=O)cn12. The Labute approximate surface area is 131 Å². The van der Waals surface area contributed by atoms with Crippen LogP contribution in [-0.4, -0.2) is 47.3 Å². The van der Waals surface area contributed by atoms with Gasteiger partial charge in [-0.25, -0.2) is 13.4 Å². The van der Waals surface area contributed by atoms with E-state index in [0.717, 1.165) is 36.3 Å². The monoisotopic (exact) mass is 321 g/mol. The van der Waals surface area contributed by atoms with Crippen LogP contribution in [0.15, 0.2) is 24.4 Å². The van der Waals surface area contributed by atoms with Crippen molar-refractivity contribution in [3.63, 3.8) is 0 Å². The lowest BCUT2D eigenvalue weighted by atomic mass is 10.2. The predicted molar refractivity (Wildman–Crippen MR) is 87.7 cm³/mol. The first-order valence-corrected chi connectivity index (χ1v) is 9.64. The number of aromatic nitrogens is 2. The maximum atomic E-state index is 11.9. The minimum atomic E-state index is -2.99. The molecule has 1 fully saturated rings. The van der Waals surface area contributed by atoms with Crippen LogP contribution in [0.25, 0.3) is 5.65 Å². The Morgan fingerprint density at radius 3 is 2.82 bits per heavy atom. The predicted octanol–water partition coefficient (Wildman–Crippen LogP) is 2.04. The van der Waals surface area contributed by atoms with E-state index >= 15 is 0 Å². The van der Waals surface area contributed by atoms with Crippen molar-refractivity contribution in [2.75, 3.05) is 13.3 Å². The summed E-state index contributed by atoms with van der Waals surface area (Å²) in [5, 5.41) is -0.240. The second kappa shape index (κ2) is 5.66. The first-order valence-electron chi connectivity index (χ1n) is 7.69. The highest BCUT2D eigenvalue weighted by molar-refractivity contribution is 7.91. The maximum Gasteiger partial charge on any atom is 0.151 e. The van der Waals surface area contributed by atoms with Gasteiger partial charge in [-0.1, -0.05) is 12.5 Å². The third-order valence-corrected chi connectivity index (χ3v) is 6.34. The number of fused-ring (bicyclic) bond motifs is 1. The first-order chi connectivity index (χ1) is 10.4. The summed E-state index contributed by atoms with van der Waals surface area (Å²) in [6, 6.07) is 6.15. The summed E-state index contributed by atoms with van der Waals surface area (Å²) in [5.74, 6) is 0. The van der Waals surface area contributed by atoms with Gasteiger partial charge in [0.05, 0.1) is 10.9 Å². The molecule has 1 aliphatic rings. The Hall–Kier alpha value is -1.40. The Morgan fingerprint density at radius 2 is 2.14 bits per heavy atom. The van der Waals surface area contributed by atoms with Crippen molar-refractivity contribution in [1.82, 2.24) is 14.3 Å². The van der Waals surface area contributed by atoms with E-state index in [4.69, 9.17) is 0 Å². The molecule has 0 aliphatic heterocycles. The minimum Gasteiger partial charge on any atom is -0.304 e. The summed E-state index contributed by atoms with van der Waals surface area (Å²) in [5.41, 5.74) is 3.07. The third-order valence-electron chi connectivity index (χ3n) is 4.69. The number of nitrogens with zero attached hydrogens (tertiary/aromatic N) is 3. The summed E-state index contributed by atoms with van der Waals surface area (Å²) < 4.78 is 26.0. The zero-order chi connectivity index (χ0) is 15.9. The second-order valence-corrected chi connectivity index (χ2v) is 8.67.